The number of nitrogens with zero attached hydrogens (tertiary/aromatic N) is 2. The fraction of sp³-hybridized carbons (Fsp3) is 0.214. The molecular weight excluding hydrogens is 450 g/mol. The molecule has 3 aromatic rings. The molecule has 3 atom stereocenters. The minimum absolute atomic E-state index is 0.0626. The minimum Gasteiger partial charge on any atom is -0.394 e. The maximum absolute atomic E-state index is 14.2. The molecule has 0 bridgehead atoms. The smallest absolute Gasteiger partial charge is 0.257 e. The molecule has 2 aliphatic heterocycles. The second-order valence-electron chi connectivity index (χ2n) is 8.69. The van der Waals surface area contributed by atoms with Crippen LogP contribution in [0.25, 0.3) is 0 Å². The Balaban J connectivity index is 1.35. The van der Waals surface area contributed by atoms with Crippen LogP contribution in [0.5, 0.6) is 0 Å². The Hall–Kier alpha value is -4.02. The molecule has 0 unspecified atom stereocenters. The zero-order valence-corrected chi connectivity index (χ0v) is 18.7. The molecule has 2 saturated heterocycles. The first-order valence-electron chi connectivity index (χ1n) is 11.3. The van der Waals surface area contributed by atoms with Gasteiger partial charge in [0.05, 0.1) is 24.3 Å². The van der Waals surface area contributed by atoms with Gasteiger partial charge in [0, 0.05) is 23.6 Å². The van der Waals surface area contributed by atoms with Gasteiger partial charge in [0.25, 0.3) is 5.91 Å². The molecule has 5 rings (SSSR count). The summed E-state index contributed by atoms with van der Waals surface area (Å²) in [6, 6.07) is 18.5. The van der Waals surface area contributed by atoms with Crippen molar-refractivity contribution in [3.05, 3.63) is 107 Å². The zero-order chi connectivity index (χ0) is 24.5. The van der Waals surface area contributed by atoms with E-state index in [9.17, 15) is 23.5 Å². The van der Waals surface area contributed by atoms with Gasteiger partial charge < -0.3 is 14.9 Å². The molecule has 2 fully saturated rings. The molecule has 0 spiro atoms. The van der Waals surface area contributed by atoms with Crippen molar-refractivity contribution in [1.82, 2.24) is 9.80 Å². The number of aliphatic hydroxyl groups is 1. The fourth-order valence-corrected chi connectivity index (χ4v) is 4.93. The maximum Gasteiger partial charge on any atom is 0.257 e. The Morgan fingerprint density at radius 2 is 1.57 bits per heavy atom. The van der Waals surface area contributed by atoms with Gasteiger partial charge in [-0.2, -0.15) is 0 Å². The van der Waals surface area contributed by atoms with Gasteiger partial charge in [-0.1, -0.05) is 36.1 Å². The first kappa shape index (κ1) is 22.8. The molecule has 0 aliphatic carbocycles. The number of fused-ring (bicyclic) bond motifs is 1. The van der Waals surface area contributed by atoms with E-state index in [1.165, 1.54) is 35.2 Å². The molecule has 1 N–H and O–H groups in total. The van der Waals surface area contributed by atoms with E-state index in [-0.39, 0.29) is 55.0 Å². The van der Waals surface area contributed by atoms with Crippen LogP contribution in [-0.2, 0) is 4.79 Å². The zero-order valence-electron chi connectivity index (χ0n) is 18.7. The van der Waals surface area contributed by atoms with Crippen LogP contribution in [0.2, 0.25) is 0 Å². The average Bonchev–Trinajstić information content (AvgIpc) is 2.85. The van der Waals surface area contributed by atoms with Crippen molar-refractivity contribution in [2.45, 2.75) is 18.0 Å². The summed E-state index contributed by atoms with van der Waals surface area (Å²) in [6.45, 7) is -0.0860. The lowest BCUT2D eigenvalue weighted by Crippen LogP contribution is -2.73. The monoisotopic (exact) mass is 472 g/mol. The molecule has 0 radical (unpaired) electrons. The lowest BCUT2D eigenvalue weighted by Gasteiger charge is -2.58. The Bertz CT molecular complexity index is 1330. The minimum atomic E-state index is -0.622. The van der Waals surface area contributed by atoms with Crippen LogP contribution in [0.4, 0.5) is 8.78 Å². The molecule has 7 heteroatoms. The van der Waals surface area contributed by atoms with Gasteiger partial charge in [-0.15, -0.1) is 0 Å². The molecule has 3 aromatic carbocycles. The third-order valence-corrected chi connectivity index (χ3v) is 6.63. The number of hydrogen-bond acceptors (Lipinski definition) is 3. The molecule has 2 amide bonds. The number of carbonyl (C=O) groups excluding carboxylic acids is 2. The summed E-state index contributed by atoms with van der Waals surface area (Å²) in [5.41, 5.74) is 2.33. The van der Waals surface area contributed by atoms with Crippen molar-refractivity contribution >= 4 is 11.8 Å². The summed E-state index contributed by atoms with van der Waals surface area (Å²) in [4.78, 5) is 28.7. The van der Waals surface area contributed by atoms with Gasteiger partial charge in [0.1, 0.15) is 18.2 Å². The molecule has 0 saturated carbocycles. The van der Waals surface area contributed by atoms with E-state index in [2.05, 4.69) is 11.8 Å². The highest BCUT2D eigenvalue weighted by atomic mass is 19.1. The fourth-order valence-electron chi connectivity index (χ4n) is 4.93. The number of amides is 2. The third kappa shape index (κ3) is 4.29. The lowest BCUT2D eigenvalue weighted by molar-refractivity contribution is -0.159. The van der Waals surface area contributed by atoms with Crippen LogP contribution >= 0.6 is 0 Å². The average molecular weight is 472 g/mol. The van der Waals surface area contributed by atoms with Crippen LogP contribution in [0, 0.1) is 23.5 Å². The van der Waals surface area contributed by atoms with Crippen molar-refractivity contribution < 1.29 is 23.5 Å². The topological polar surface area (TPSA) is 60.9 Å². The summed E-state index contributed by atoms with van der Waals surface area (Å²) in [6.07, 6.45) is 0. The highest BCUT2D eigenvalue weighted by Crippen LogP contribution is 2.43. The number of carbonyl (C=O) groups is 2. The normalized spacial score (nSPS) is 21.0. The van der Waals surface area contributed by atoms with E-state index < -0.39 is 11.7 Å². The second kappa shape index (κ2) is 9.32. The SMILES string of the molecule is O=C(c1ccccc1F)N1CC(=O)N2[C@H](CO)[C@@H](c3ccc(C#Cc4ccc(F)cc4)cc3)[C@H]2C1. The van der Waals surface area contributed by atoms with E-state index in [1.54, 1.807) is 23.1 Å². The van der Waals surface area contributed by atoms with E-state index in [0.29, 0.717) is 5.56 Å². The van der Waals surface area contributed by atoms with E-state index in [0.717, 1.165) is 11.1 Å². The largest absolute Gasteiger partial charge is 0.394 e. The third-order valence-electron chi connectivity index (χ3n) is 6.63. The van der Waals surface area contributed by atoms with Crippen molar-refractivity contribution in [3.8, 4) is 11.8 Å². The van der Waals surface area contributed by atoms with Crippen LogP contribution < -0.4 is 0 Å². The Morgan fingerprint density at radius 3 is 2.20 bits per heavy atom. The standard InChI is InChI=1S/C28H22F2N2O3/c29-21-13-9-19(10-14-21)6-5-18-7-11-20(12-8-18)27-24-15-31(16-26(34)32(24)25(27)17-33)28(35)22-3-1-2-4-23(22)30/h1-4,7-14,24-25,27,33H,15-17H2/t24-,25-,27+/m1/s1. The maximum atomic E-state index is 14.2. The number of benzene rings is 3. The number of rotatable bonds is 3. The van der Waals surface area contributed by atoms with Crippen molar-refractivity contribution in [2.24, 2.45) is 0 Å². The second-order valence-corrected chi connectivity index (χ2v) is 8.69. The molecular formula is C28H22F2N2O3. The van der Waals surface area contributed by atoms with Gasteiger partial charge >= 0.3 is 0 Å². The van der Waals surface area contributed by atoms with Gasteiger partial charge in [0.15, 0.2) is 0 Å². The van der Waals surface area contributed by atoms with Gasteiger partial charge in [0.2, 0.25) is 5.91 Å². The van der Waals surface area contributed by atoms with Crippen LogP contribution in [-0.4, -0.2) is 58.5 Å². The Labute approximate surface area is 201 Å². The summed E-state index contributed by atoms with van der Waals surface area (Å²) in [5, 5.41) is 9.98. The molecule has 35 heavy (non-hydrogen) atoms. The first-order chi connectivity index (χ1) is 17.0. The summed E-state index contributed by atoms with van der Waals surface area (Å²) >= 11 is 0. The van der Waals surface area contributed by atoms with Crippen molar-refractivity contribution in [1.29, 1.82) is 0 Å². The molecule has 2 aliphatic rings. The quantitative estimate of drug-likeness (QED) is 0.596. The Kier molecular flexibility index (Phi) is 6.06. The van der Waals surface area contributed by atoms with Crippen LogP contribution in [0.3, 0.4) is 0 Å². The summed E-state index contributed by atoms with van der Waals surface area (Å²) in [7, 11) is 0. The molecule has 0 aromatic heterocycles. The van der Waals surface area contributed by atoms with Gasteiger partial charge in [-0.05, 0) is 54.1 Å². The molecule has 176 valence electrons. The van der Waals surface area contributed by atoms with Crippen LogP contribution in [0.15, 0.2) is 72.8 Å². The van der Waals surface area contributed by atoms with Crippen molar-refractivity contribution in [3.63, 3.8) is 0 Å². The van der Waals surface area contributed by atoms with Gasteiger partial charge in [-0.3, -0.25) is 9.59 Å². The number of piperazine rings is 1. The number of halogens is 2. The van der Waals surface area contributed by atoms with E-state index in [4.69, 9.17) is 0 Å². The summed E-state index contributed by atoms with van der Waals surface area (Å²) < 4.78 is 27.2. The van der Waals surface area contributed by atoms with Crippen LogP contribution in [0.1, 0.15) is 33.0 Å². The lowest BCUT2D eigenvalue weighted by atomic mass is 9.73. The summed E-state index contributed by atoms with van der Waals surface area (Å²) in [5.74, 6) is 4.14. The highest BCUT2D eigenvalue weighted by molar-refractivity contribution is 5.97. The van der Waals surface area contributed by atoms with Crippen molar-refractivity contribution in [2.75, 3.05) is 19.7 Å². The number of hydrogen-bond donors (Lipinski definition) is 1. The predicted octanol–water partition coefficient (Wildman–Crippen LogP) is 3.18. The van der Waals surface area contributed by atoms with E-state index in [1.807, 2.05) is 24.3 Å². The van der Waals surface area contributed by atoms with Gasteiger partial charge in [-0.25, -0.2) is 8.78 Å². The first-order valence-corrected chi connectivity index (χ1v) is 11.3. The highest BCUT2D eigenvalue weighted by Gasteiger charge is 2.54. The van der Waals surface area contributed by atoms with E-state index >= 15 is 0 Å². The molecule has 5 nitrogen and oxygen atoms in total. The number of aliphatic hydroxyl groups excluding tert-OH is 1. The predicted molar refractivity (Wildman–Crippen MR) is 125 cm³/mol. The Morgan fingerprint density at radius 1 is 0.943 bits per heavy atom. The molecule has 2 heterocycles.